The Morgan fingerprint density at radius 2 is 2.33 bits per heavy atom. The molecule has 0 bridgehead atoms. The Balaban J connectivity index is 2.24. The second-order valence-electron chi connectivity index (χ2n) is 3.52. The first-order valence-corrected chi connectivity index (χ1v) is 4.66. The van der Waals surface area contributed by atoms with Crippen LogP contribution in [0.25, 0.3) is 0 Å². The molecular formula is C9H17NO2. The normalized spacial score (nSPS) is 25.6. The van der Waals surface area contributed by atoms with Crippen LogP contribution in [0.1, 0.15) is 32.6 Å². The van der Waals surface area contributed by atoms with Crippen LogP contribution < -0.4 is 0 Å². The first kappa shape index (κ1) is 9.52. The molecule has 1 aliphatic rings. The second kappa shape index (κ2) is 4.45. The van der Waals surface area contributed by atoms with E-state index < -0.39 is 5.97 Å². The van der Waals surface area contributed by atoms with Gasteiger partial charge in [-0.25, -0.2) is 0 Å². The van der Waals surface area contributed by atoms with E-state index in [0.29, 0.717) is 6.04 Å². The highest BCUT2D eigenvalue weighted by molar-refractivity contribution is 5.66. The van der Waals surface area contributed by atoms with Gasteiger partial charge in [0.25, 0.3) is 0 Å². The third-order valence-electron chi connectivity index (χ3n) is 2.55. The molecule has 1 fully saturated rings. The van der Waals surface area contributed by atoms with Crippen LogP contribution in [-0.4, -0.2) is 35.1 Å². The fourth-order valence-electron chi connectivity index (χ4n) is 1.73. The lowest BCUT2D eigenvalue weighted by Gasteiger charge is -2.32. The lowest BCUT2D eigenvalue weighted by molar-refractivity contribution is -0.137. The summed E-state index contributed by atoms with van der Waals surface area (Å²) in [6, 6.07) is 0.582. The molecule has 1 atom stereocenters. The molecule has 0 radical (unpaired) electrons. The van der Waals surface area contributed by atoms with Gasteiger partial charge in [0.1, 0.15) is 0 Å². The minimum absolute atomic E-state index is 0.282. The Bertz CT molecular complexity index is 159. The maximum atomic E-state index is 10.3. The van der Waals surface area contributed by atoms with E-state index in [4.69, 9.17) is 5.11 Å². The second-order valence-corrected chi connectivity index (χ2v) is 3.52. The molecule has 3 nitrogen and oxygen atoms in total. The smallest absolute Gasteiger partial charge is 0.304 e. The standard InChI is InChI=1S/C9H17NO2/c1-8-4-2-3-6-10(8)7-5-9(11)12/h8H,2-7H2,1H3,(H,11,12)/t8-/m0/s1. The number of hydrogen-bond acceptors (Lipinski definition) is 2. The number of carboxylic acids is 1. The molecule has 70 valence electrons. The fourth-order valence-corrected chi connectivity index (χ4v) is 1.73. The first-order chi connectivity index (χ1) is 5.70. The molecule has 0 aromatic carbocycles. The van der Waals surface area contributed by atoms with Crippen molar-refractivity contribution in [3.63, 3.8) is 0 Å². The maximum Gasteiger partial charge on any atom is 0.304 e. The van der Waals surface area contributed by atoms with Crippen molar-refractivity contribution in [1.29, 1.82) is 0 Å². The van der Waals surface area contributed by atoms with Gasteiger partial charge in [0.2, 0.25) is 0 Å². The van der Waals surface area contributed by atoms with Crippen molar-refractivity contribution in [2.24, 2.45) is 0 Å². The lowest BCUT2D eigenvalue weighted by Crippen LogP contribution is -2.38. The van der Waals surface area contributed by atoms with Gasteiger partial charge in [-0.15, -0.1) is 0 Å². The molecule has 0 aromatic heterocycles. The number of carboxylic acid groups (broad SMARTS) is 1. The number of piperidine rings is 1. The highest BCUT2D eigenvalue weighted by Gasteiger charge is 2.17. The molecule has 0 spiro atoms. The third kappa shape index (κ3) is 2.81. The third-order valence-corrected chi connectivity index (χ3v) is 2.55. The van der Waals surface area contributed by atoms with E-state index in [0.717, 1.165) is 13.1 Å². The zero-order chi connectivity index (χ0) is 8.97. The molecule has 1 N–H and O–H groups in total. The summed E-state index contributed by atoms with van der Waals surface area (Å²) in [6.07, 6.45) is 4.03. The summed E-state index contributed by atoms with van der Waals surface area (Å²) >= 11 is 0. The van der Waals surface area contributed by atoms with E-state index in [1.807, 2.05) is 0 Å². The Hall–Kier alpha value is -0.570. The van der Waals surface area contributed by atoms with E-state index in [-0.39, 0.29) is 6.42 Å². The number of aliphatic carboxylic acids is 1. The van der Waals surface area contributed by atoms with Crippen molar-refractivity contribution in [2.75, 3.05) is 13.1 Å². The molecular weight excluding hydrogens is 154 g/mol. The van der Waals surface area contributed by atoms with Gasteiger partial charge >= 0.3 is 5.97 Å². The van der Waals surface area contributed by atoms with Crippen LogP contribution in [0.15, 0.2) is 0 Å². The molecule has 1 saturated heterocycles. The van der Waals surface area contributed by atoms with Gasteiger partial charge in [-0.2, -0.15) is 0 Å². The number of likely N-dealkylation sites (tertiary alicyclic amines) is 1. The van der Waals surface area contributed by atoms with Crippen LogP contribution in [0.3, 0.4) is 0 Å². The summed E-state index contributed by atoms with van der Waals surface area (Å²) in [5.74, 6) is -0.687. The van der Waals surface area contributed by atoms with Crippen LogP contribution in [0.5, 0.6) is 0 Å². The quantitative estimate of drug-likeness (QED) is 0.696. The highest BCUT2D eigenvalue weighted by Crippen LogP contribution is 2.15. The van der Waals surface area contributed by atoms with Gasteiger partial charge in [-0.05, 0) is 26.3 Å². The monoisotopic (exact) mass is 171 g/mol. The highest BCUT2D eigenvalue weighted by atomic mass is 16.4. The van der Waals surface area contributed by atoms with E-state index in [1.54, 1.807) is 0 Å². The lowest BCUT2D eigenvalue weighted by atomic mass is 10.0. The first-order valence-electron chi connectivity index (χ1n) is 4.66. The minimum atomic E-state index is -0.687. The molecule has 12 heavy (non-hydrogen) atoms. The van der Waals surface area contributed by atoms with E-state index in [1.165, 1.54) is 19.3 Å². The summed E-state index contributed by atoms with van der Waals surface area (Å²) < 4.78 is 0. The summed E-state index contributed by atoms with van der Waals surface area (Å²) in [6.45, 7) is 3.98. The SMILES string of the molecule is C[C@H]1CCCCN1CCC(=O)O. The number of nitrogens with zero attached hydrogens (tertiary/aromatic N) is 1. The van der Waals surface area contributed by atoms with Gasteiger partial charge in [0.05, 0.1) is 6.42 Å². The summed E-state index contributed by atoms with van der Waals surface area (Å²) in [4.78, 5) is 12.6. The van der Waals surface area contributed by atoms with Gasteiger partial charge in [-0.1, -0.05) is 6.42 Å². The maximum absolute atomic E-state index is 10.3. The largest absolute Gasteiger partial charge is 0.481 e. The molecule has 1 aliphatic heterocycles. The van der Waals surface area contributed by atoms with Gasteiger partial charge in [0, 0.05) is 12.6 Å². The van der Waals surface area contributed by atoms with Gasteiger partial charge in [0.15, 0.2) is 0 Å². The number of hydrogen-bond donors (Lipinski definition) is 1. The Morgan fingerprint density at radius 3 is 2.92 bits per heavy atom. The van der Waals surface area contributed by atoms with Crippen LogP contribution in [0.4, 0.5) is 0 Å². The molecule has 0 amide bonds. The zero-order valence-electron chi connectivity index (χ0n) is 7.62. The van der Waals surface area contributed by atoms with Crippen molar-refractivity contribution >= 4 is 5.97 Å². The van der Waals surface area contributed by atoms with Crippen molar-refractivity contribution in [1.82, 2.24) is 4.90 Å². The number of rotatable bonds is 3. The van der Waals surface area contributed by atoms with Crippen molar-refractivity contribution in [3.8, 4) is 0 Å². The predicted octanol–water partition coefficient (Wildman–Crippen LogP) is 1.34. The Labute approximate surface area is 73.4 Å². The van der Waals surface area contributed by atoms with Crippen molar-refractivity contribution in [2.45, 2.75) is 38.6 Å². The molecule has 0 unspecified atom stereocenters. The predicted molar refractivity (Wildman–Crippen MR) is 47.1 cm³/mol. The summed E-state index contributed by atoms with van der Waals surface area (Å²) in [5, 5.41) is 8.50. The van der Waals surface area contributed by atoms with Gasteiger partial charge < -0.3 is 10.0 Å². The Kier molecular flexibility index (Phi) is 3.53. The fraction of sp³-hybridized carbons (Fsp3) is 0.889. The summed E-state index contributed by atoms with van der Waals surface area (Å²) in [7, 11) is 0. The number of carbonyl (C=O) groups is 1. The van der Waals surface area contributed by atoms with Crippen molar-refractivity contribution < 1.29 is 9.90 Å². The molecule has 0 saturated carbocycles. The summed E-state index contributed by atoms with van der Waals surface area (Å²) in [5.41, 5.74) is 0. The van der Waals surface area contributed by atoms with Gasteiger partial charge in [-0.3, -0.25) is 4.79 Å². The van der Waals surface area contributed by atoms with E-state index in [2.05, 4.69) is 11.8 Å². The molecule has 1 heterocycles. The average Bonchev–Trinajstić information content (AvgIpc) is 2.03. The molecule has 3 heteroatoms. The minimum Gasteiger partial charge on any atom is -0.481 e. The van der Waals surface area contributed by atoms with Crippen LogP contribution in [0, 0.1) is 0 Å². The van der Waals surface area contributed by atoms with Crippen LogP contribution in [0.2, 0.25) is 0 Å². The molecule has 1 rings (SSSR count). The van der Waals surface area contributed by atoms with Crippen LogP contribution >= 0.6 is 0 Å². The zero-order valence-corrected chi connectivity index (χ0v) is 7.62. The molecule has 0 aromatic rings. The van der Waals surface area contributed by atoms with Crippen LogP contribution in [-0.2, 0) is 4.79 Å². The Morgan fingerprint density at radius 1 is 1.58 bits per heavy atom. The van der Waals surface area contributed by atoms with E-state index in [9.17, 15) is 4.79 Å². The van der Waals surface area contributed by atoms with Crippen molar-refractivity contribution in [3.05, 3.63) is 0 Å². The topological polar surface area (TPSA) is 40.5 Å². The van der Waals surface area contributed by atoms with E-state index >= 15 is 0 Å². The average molecular weight is 171 g/mol. The molecule has 0 aliphatic carbocycles.